The molecule has 0 N–H and O–H groups in total. The zero-order valence-electron chi connectivity index (χ0n) is 13.3. The van der Waals surface area contributed by atoms with Crippen LogP contribution in [0.3, 0.4) is 0 Å². The van der Waals surface area contributed by atoms with Crippen LogP contribution < -0.4 is 0 Å². The standard InChI is InChI=1S/C16H24FNSi2/c1-19(2,3)16(20(4,5)6)15-13-10-8-7-9-12(13)14(17)11-18-15/h7-11,16H,1-6H3. The molecule has 1 nitrogen and oxygen atoms in total. The van der Waals surface area contributed by atoms with Gasteiger partial charge >= 0.3 is 0 Å². The Balaban J connectivity index is 2.76. The molecule has 1 aromatic carbocycles. The summed E-state index contributed by atoms with van der Waals surface area (Å²) in [6.45, 7) is 14.4. The van der Waals surface area contributed by atoms with Crippen LogP contribution in [0.15, 0.2) is 30.5 Å². The van der Waals surface area contributed by atoms with Crippen molar-refractivity contribution >= 4 is 26.9 Å². The molecule has 0 aliphatic carbocycles. The third-order valence-electron chi connectivity index (χ3n) is 3.78. The van der Waals surface area contributed by atoms with Crippen LogP contribution in [0.1, 0.15) is 10.9 Å². The summed E-state index contributed by atoms with van der Waals surface area (Å²) in [6, 6.07) is 7.76. The van der Waals surface area contributed by atoms with E-state index in [1.807, 2.05) is 24.3 Å². The van der Waals surface area contributed by atoms with Gasteiger partial charge in [0.2, 0.25) is 0 Å². The predicted molar refractivity (Wildman–Crippen MR) is 91.1 cm³/mol. The molecule has 108 valence electrons. The number of aromatic nitrogens is 1. The molecule has 0 radical (unpaired) electrons. The van der Waals surface area contributed by atoms with Crippen molar-refractivity contribution < 1.29 is 4.39 Å². The van der Waals surface area contributed by atoms with E-state index in [2.05, 4.69) is 44.3 Å². The van der Waals surface area contributed by atoms with Gasteiger partial charge in [0.25, 0.3) is 0 Å². The summed E-state index contributed by atoms with van der Waals surface area (Å²) in [4.78, 5) is 4.53. The monoisotopic (exact) mass is 305 g/mol. The quantitative estimate of drug-likeness (QED) is 0.709. The first kappa shape index (κ1) is 15.4. The molecule has 0 atom stereocenters. The number of benzene rings is 1. The van der Waals surface area contributed by atoms with Gasteiger partial charge < -0.3 is 0 Å². The van der Waals surface area contributed by atoms with E-state index in [0.717, 1.165) is 11.1 Å². The maximum Gasteiger partial charge on any atom is 0.149 e. The number of pyridine rings is 1. The number of nitrogens with zero attached hydrogens (tertiary/aromatic N) is 1. The average Bonchev–Trinajstić information content (AvgIpc) is 2.29. The molecule has 1 aromatic heterocycles. The topological polar surface area (TPSA) is 12.9 Å². The maximum atomic E-state index is 14.0. The van der Waals surface area contributed by atoms with E-state index in [4.69, 9.17) is 0 Å². The zero-order valence-corrected chi connectivity index (χ0v) is 15.3. The molecule has 0 saturated carbocycles. The van der Waals surface area contributed by atoms with Crippen molar-refractivity contribution in [3.05, 3.63) is 42.0 Å². The molecule has 0 aliphatic rings. The second-order valence-corrected chi connectivity index (χ2v) is 18.9. The summed E-state index contributed by atoms with van der Waals surface area (Å²) in [5.41, 5.74) is 1.13. The molecule has 20 heavy (non-hydrogen) atoms. The van der Waals surface area contributed by atoms with Gasteiger partial charge in [0.15, 0.2) is 0 Å². The van der Waals surface area contributed by atoms with Gasteiger partial charge in [0.05, 0.1) is 22.3 Å². The van der Waals surface area contributed by atoms with Gasteiger partial charge in [-0.2, -0.15) is 0 Å². The van der Waals surface area contributed by atoms with Crippen LogP contribution in [0.2, 0.25) is 39.3 Å². The van der Waals surface area contributed by atoms with Crippen LogP contribution >= 0.6 is 0 Å². The van der Waals surface area contributed by atoms with E-state index >= 15 is 0 Å². The van der Waals surface area contributed by atoms with Gasteiger partial charge in [0.1, 0.15) is 5.82 Å². The first-order chi connectivity index (χ1) is 9.12. The van der Waals surface area contributed by atoms with E-state index in [-0.39, 0.29) is 5.82 Å². The number of rotatable bonds is 3. The number of fused-ring (bicyclic) bond motifs is 1. The fraction of sp³-hybridized carbons (Fsp3) is 0.438. The van der Waals surface area contributed by atoms with Crippen LogP contribution in [0, 0.1) is 5.82 Å². The van der Waals surface area contributed by atoms with Crippen LogP contribution in [-0.4, -0.2) is 21.1 Å². The second kappa shape index (κ2) is 5.08. The zero-order chi connectivity index (χ0) is 15.1. The summed E-state index contributed by atoms with van der Waals surface area (Å²) in [5, 5.41) is 2.24. The molecule has 0 aliphatic heterocycles. The third-order valence-corrected chi connectivity index (χ3v) is 13.0. The Morgan fingerprint density at radius 1 is 0.900 bits per heavy atom. The van der Waals surface area contributed by atoms with Crippen molar-refractivity contribution in [3.63, 3.8) is 0 Å². The Kier molecular flexibility index (Phi) is 3.90. The molecular weight excluding hydrogens is 281 g/mol. The van der Waals surface area contributed by atoms with E-state index in [1.54, 1.807) is 0 Å². The van der Waals surface area contributed by atoms with Gasteiger partial charge in [-0.25, -0.2) is 4.39 Å². The molecule has 0 amide bonds. The Bertz CT molecular complexity index is 612. The molecule has 1 heterocycles. The van der Waals surface area contributed by atoms with E-state index in [1.165, 1.54) is 6.20 Å². The minimum absolute atomic E-state index is 0.214. The molecule has 0 spiro atoms. The lowest BCUT2D eigenvalue weighted by molar-refractivity contribution is 0.632. The molecule has 0 fully saturated rings. The molecule has 2 aromatic rings. The van der Waals surface area contributed by atoms with Crippen molar-refractivity contribution in [2.75, 3.05) is 0 Å². The number of hydrogen-bond acceptors (Lipinski definition) is 1. The van der Waals surface area contributed by atoms with Crippen LogP contribution in [0.25, 0.3) is 10.8 Å². The van der Waals surface area contributed by atoms with Gasteiger partial charge in [-0.05, 0) is 5.16 Å². The first-order valence-electron chi connectivity index (χ1n) is 7.15. The maximum absolute atomic E-state index is 14.0. The van der Waals surface area contributed by atoms with Gasteiger partial charge in [0, 0.05) is 16.5 Å². The normalized spacial score (nSPS) is 13.2. The summed E-state index contributed by atoms with van der Waals surface area (Å²) < 4.78 is 14.0. The van der Waals surface area contributed by atoms with E-state index in [9.17, 15) is 4.39 Å². The number of hydrogen-bond donors (Lipinski definition) is 0. The molecule has 4 heteroatoms. The van der Waals surface area contributed by atoms with E-state index in [0.29, 0.717) is 10.6 Å². The SMILES string of the molecule is C[Si](C)(C)C(c1ncc(F)c2ccccc12)[Si](C)(C)C. The lowest BCUT2D eigenvalue weighted by Gasteiger charge is -2.38. The largest absolute Gasteiger partial charge is 0.258 e. The van der Waals surface area contributed by atoms with E-state index < -0.39 is 16.1 Å². The van der Waals surface area contributed by atoms with Crippen molar-refractivity contribution in [1.82, 2.24) is 4.98 Å². The highest BCUT2D eigenvalue weighted by Gasteiger charge is 2.40. The average molecular weight is 306 g/mol. The highest BCUT2D eigenvalue weighted by atomic mass is 28.4. The van der Waals surface area contributed by atoms with Crippen molar-refractivity contribution in [1.29, 1.82) is 0 Å². The Morgan fingerprint density at radius 2 is 1.40 bits per heavy atom. The number of halogens is 1. The third kappa shape index (κ3) is 2.86. The summed E-state index contributed by atoms with van der Waals surface area (Å²) in [7, 11) is -2.84. The molecule has 0 unspecified atom stereocenters. The lowest BCUT2D eigenvalue weighted by Crippen LogP contribution is -2.47. The van der Waals surface area contributed by atoms with Gasteiger partial charge in [-0.1, -0.05) is 63.5 Å². The van der Waals surface area contributed by atoms with Crippen molar-refractivity contribution in [2.24, 2.45) is 0 Å². The van der Waals surface area contributed by atoms with Crippen LogP contribution in [0.4, 0.5) is 4.39 Å². The molecule has 2 rings (SSSR count). The van der Waals surface area contributed by atoms with Crippen LogP contribution in [0.5, 0.6) is 0 Å². The summed E-state index contributed by atoms with van der Waals surface area (Å²) in [5.74, 6) is -0.214. The van der Waals surface area contributed by atoms with Gasteiger partial charge in [-0.3, -0.25) is 4.98 Å². The van der Waals surface area contributed by atoms with Crippen LogP contribution in [-0.2, 0) is 0 Å². The second-order valence-electron chi connectivity index (χ2n) is 7.70. The van der Waals surface area contributed by atoms with Gasteiger partial charge in [-0.15, -0.1) is 0 Å². The smallest absolute Gasteiger partial charge is 0.149 e. The summed E-state index contributed by atoms with van der Waals surface area (Å²) >= 11 is 0. The Morgan fingerprint density at radius 3 is 1.90 bits per heavy atom. The molecular formula is C16H24FNSi2. The fourth-order valence-corrected chi connectivity index (χ4v) is 16.0. The lowest BCUT2D eigenvalue weighted by atomic mass is 10.1. The molecule has 0 saturated heterocycles. The minimum Gasteiger partial charge on any atom is -0.258 e. The first-order valence-corrected chi connectivity index (χ1v) is 14.3. The van der Waals surface area contributed by atoms with Crippen molar-refractivity contribution in [2.45, 2.75) is 44.4 Å². The van der Waals surface area contributed by atoms with Crippen molar-refractivity contribution in [3.8, 4) is 0 Å². The predicted octanol–water partition coefficient (Wildman–Crippen LogP) is 5.21. The minimum atomic E-state index is -1.42. The Labute approximate surface area is 123 Å². The molecule has 0 bridgehead atoms. The highest BCUT2D eigenvalue weighted by Crippen LogP contribution is 2.38. The summed E-state index contributed by atoms with van der Waals surface area (Å²) in [6.07, 6.45) is 1.41. The highest BCUT2D eigenvalue weighted by molar-refractivity contribution is 6.96. The Hall–Kier alpha value is -1.01. The fourth-order valence-electron chi connectivity index (χ4n) is 3.53.